The fourth-order valence-corrected chi connectivity index (χ4v) is 5.33. The largest absolute Gasteiger partial charge is 0.493 e. The minimum atomic E-state index is -1.14. The highest BCUT2D eigenvalue weighted by Gasteiger charge is 2.37. The molecule has 1 atom stereocenters. The summed E-state index contributed by atoms with van der Waals surface area (Å²) >= 11 is 0. The third-order valence-electron chi connectivity index (χ3n) is 7.26. The number of ether oxygens (including phenoxy) is 2. The first kappa shape index (κ1) is 27.1. The predicted octanol–water partition coefficient (Wildman–Crippen LogP) is 4.81. The van der Waals surface area contributed by atoms with Crippen molar-refractivity contribution in [1.82, 2.24) is 20.3 Å². The molecule has 1 aliphatic rings. The van der Waals surface area contributed by atoms with E-state index in [-0.39, 0.29) is 18.5 Å². The van der Waals surface area contributed by atoms with Gasteiger partial charge in [0.2, 0.25) is 11.8 Å². The first-order valence-corrected chi connectivity index (χ1v) is 13.4. The van der Waals surface area contributed by atoms with Crippen LogP contribution in [0.25, 0.3) is 11.0 Å². The maximum absolute atomic E-state index is 14.2. The molecule has 1 heterocycles. The smallest absolute Gasteiger partial charge is 0.249 e. The molecular formula is C30H32FN5O4. The van der Waals surface area contributed by atoms with Crippen LogP contribution in [0.15, 0.2) is 66.7 Å². The summed E-state index contributed by atoms with van der Waals surface area (Å²) in [6, 6.07) is 16.9. The van der Waals surface area contributed by atoms with Crippen molar-refractivity contribution in [2.45, 2.75) is 50.7 Å². The van der Waals surface area contributed by atoms with E-state index in [0.717, 1.165) is 32.1 Å². The number of aromatic nitrogens is 3. The van der Waals surface area contributed by atoms with E-state index in [1.54, 1.807) is 18.2 Å². The van der Waals surface area contributed by atoms with E-state index in [1.165, 1.54) is 48.1 Å². The van der Waals surface area contributed by atoms with E-state index >= 15 is 0 Å². The summed E-state index contributed by atoms with van der Waals surface area (Å²) in [7, 11) is 3.00. The lowest BCUT2D eigenvalue weighted by Crippen LogP contribution is -2.48. The number of amides is 2. The minimum absolute atomic E-state index is 0.00946. The summed E-state index contributed by atoms with van der Waals surface area (Å²) in [5.74, 6) is -0.500. The van der Waals surface area contributed by atoms with Crippen LogP contribution in [0.5, 0.6) is 11.5 Å². The number of para-hydroxylation sites is 2. The second-order valence-electron chi connectivity index (χ2n) is 9.80. The van der Waals surface area contributed by atoms with E-state index in [9.17, 15) is 14.0 Å². The molecule has 0 saturated heterocycles. The number of rotatable bonds is 9. The highest BCUT2D eigenvalue weighted by atomic mass is 19.1. The van der Waals surface area contributed by atoms with Gasteiger partial charge in [-0.05, 0) is 55.3 Å². The third-order valence-corrected chi connectivity index (χ3v) is 7.26. The second-order valence-corrected chi connectivity index (χ2v) is 9.80. The quantitative estimate of drug-likeness (QED) is 0.324. The molecule has 40 heavy (non-hydrogen) atoms. The Kier molecular flexibility index (Phi) is 8.23. The van der Waals surface area contributed by atoms with Crippen molar-refractivity contribution in [1.29, 1.82) is 0 Å². The zero-order chi connectivity index (χ0) is 28.1. The fraction of sp³-hybridized carbons (Fsp3) is 0.333. The molecule has 5 rings (SSSR count). The normalized spacial score (nSPS) is 14.5. The van der Waals surface area contributed by atoms with Gasteiger partial charge in [0.1, 0.15) is 23.9 Å². The van der Waals surface area contributed by atoms with Gasteiger partial charge in [0.25, 0.3) is 0 Å². The van der Waals surface area contributed by atoms with E-state index < -0.39 is 17.8 Å². The molecule has 1 N–H and O–H groups in total. The lowest BCUT2D eigenvalue weighted by Gasteiger charge is -2.34. The van der Waals surface area contributed by atoms with Crippen LogP contribution in [0.4, 0.5) is 10.1 Å². The zero-order valence-electron chi connectivity index (χ0n) is 22.5. The lowest BCUT2D eigenvalue weighted by atomic mass is 9.94. The van der Waals surface area contributed by atoms with Crippen LogP contribution in [0.1, 0.15) is 43.7 Å². The van der Waals surface area contributed by atoms with Gasteiger partial charge >= 0.3 is 0 Å². The van der Waals surface area contributed by atoms with E-state index in [0.29, 0.717) is 33.8 Å². The molecule has 0 aliphatic heterocycles. The van der Waals surface area contributed by atoms with Crippen LogP contribution >= 0.6 is 0 Å². The SMILES string of the molecule is COc1cccc([C@@H](C(=O)NC2CCCCC2)N(C(=O)Cn2nnc3ccccc32)c2ccc(F)cc2)c1OC. The Bertz CT molecular complexity index is 1480. The van der Waals surface area contributed by atoms with Crippen LogP contribution < -0.4 is 19.7 Å². The van der Waals surface area contributed by atoms with Crippen molar-refractivity contribution in [2.24, 2.45) is 0 Å². The standard InChI is InChI=1S/C30H32FN5O4/c1-39-26-14-8-11-23(29(26)40-2)28(30(38)32-21-9-4-3-5-10-21)36(22-17-15-20(31)16-18-22)27(37)19-35-25-13-7-6-12-24(25)33-34-35/h6-8,11-18,21,28H,3-5,9-10,19H2,1-2H3,(H,32,38)/t28-/m0/s1. The number of carbonyl (C=O) groups is 2. The lowest BCUT2D eigenvalue weighted by molar-refractivity contribution is -0.127. The van der Waals surface area contributed by atoms with Crippen LogP contribution in [0.2, 0.25) is 0 Å². The average Bonchev–Trinajstić information content (AvgIpc) is 3.39. The number of halogens is 1. The molecule has 0 unspecified atom stereocenters. The molecule has 1 saturated carbocycles. The predicted molar refractivity (Wildman–Crippen MR) is 149 cm³/mol. The van der Waals surface area contributed by atoms with Crippen LogP contribution in [-0.2, 0) is 16.1 Å². The number of nitrogens with one attached hydrogen (secondary N) is 1. The van der Waals surface area contributed by atoms with Crippen LogP contribution in [0, 0.1) is 5.82 Å². The number of benzene rings is 3. The number of hydrogen-bond donors (Lipinski definition) is 1. The minimum Gasteiger partial charge on any atom is -0.493 e. The Labute approximate surface area is 231 Å². The van der Waals surface area contributed by atoms with Crippen molar-refractivity contribution >= 4 is 28.5 Å². The molecule has 1 fully saturated rings. The maximum Gasteiger partial charge on any atom is 0.249 e. The molecular weight excluding hydrogens is 513 g/mol. The van der Waals surface area contributed by atoms with Gasteiger partial charge in [-0.3, -0.25) is 14.5 Å². The molecule has 0 spiro atoms. The first-order chi connectivity index (χ1) is 19.5. The molecule has 10 heteroatoms. The number of nitrogens with zero attached hydrogens (tertiary/aromatic N) is 4. The average molecular weight is 546 g/mol. The first-order valence-electron chi connectivity index (χ1n) is 13.4. The highest BCUT2D eigenvalue weighted by molar-refractivity contribution is 6.02. The number of fused-ring (bicyclic) bond motifs is 1. The highest BCUT2D eigenvalue weighted by Crippen LogP contribution is 2.39. The van der Waals surface area contributed by atoms with Gasteiger partial charge in [-0.1, -0.05) is 48.7 Å². The van der Waals surface area contributed by atoms with Gasteiger partial charge in [0.05, 0.1) is 19.7 Å². The molecule has 9 nitrogen and oxygen atoms in total. The van der Waals surface area contributed by atoms with Crippen molar-refractivity contribution < 1.29 is 23.5 Å². The monoisotopic (exact) mass is 545 g/mol. The summed E-state index contributed by atoms with van der Waals surface area (Å²) in [5.41, 5.74) is 2.11. The zero-order valence-corrected chi connectivity index (χ0v) is 22.5. The Hall–Kier alpha value is -4.47. The fourth-order valence-electron chi connectivity index (χ4n) is 5.33. The summed E-state index contributed by atoms with van der Waals surface area (Å²) in [6.45, 7) is -0.197. The van der Waals surface area contributed by atoms with E-state index in [4.69, 9.17) is 9.47 Å². The topological polar surface area (TPSA) is 98.6 Å². The van der Waals surface area contributed by atoms with Crippen molar-refractivity contribution in [3.63, 3.8) is 0 Å². The molecule has 2 amide bonds. The van der Waals surface area contributed by atoms with Gasteiger partial charge in [0.15, 0.2) is 11.5 Å². The number of carbonyl (C=O) groups excluding carboxylic acids is 2. The summed E-state index contributed by atoms with van der Waals surface area (Å²) in [4.78, 5) is 29.7. The van der Waals surface area contributed by atoms with Crippen LogP contribution in [-0.4, -0.2) is 47.1 Å². The molecule has 1 aromatic heterocycles. The van der Waals surface area contributed by atoms with E-state index in [1.807, 2.05) is 24.3 Å². The molecule has 3 aromatic carbocycles. The Balaban J connectivity index is 1.62. The van der Waals surface area contributed by atoms with Gasteiger partial charge in [0, 0.05) is 17.3 Å². The molecule has 1 aliphatic carbocycles. The van der Waals surface area contributed by atoms with Gasteiger partial charge < -0.3 is 14.8 Å². The Morgan fingerprint density at radius 1 is 1.00 bits per heavy atom. The summed E-state index contributed by atoms with van der Waals surface area (Å²) in [5, 5.41) is 11.5. The van der Waals surface area contributed by atoms with Gasteiger partial charge in [-0.15, -0.1) is 5.10 Å². The van der Waals surface area contributed by atoms with Crippen molar-refractivity contribution in [3.05, 3.63) is 78.1 Å². The molecule has 4 aromatic rings. The Morgan fingerprint density at radius 3 is 2.48 bits per heavy atom. The number of hydrogen-bond acceptors (Lipinski definition) is 6. The number of methoxy groups -OCH3 is 2. The number of anilines is 1. The van der Waals surface area contributed by atoms with Gasteiger partial charge in [-0.25, -0.2) is 9.07 Å². The van der Waals surface area contributed by atoms with Crippen molar-refractivity contribution in [3.8, 4) is 11.5 Å². The van der Waals surface area contributed by atoms with Crippen molar-refractivity contribution in [2.75, 3.05) is 19.1 Å². The molecule has 0 bridgehead atoms. The van der Waals surface area contributed by atoms with Crippen LogP contribution in [0.3, 0.4) is 0 Å². The molecule has 208 valence electrons. The maximum atomic E-state index is 14.2. The molecule has 0 radical (unpaired) electrons. The van der Waals surface area contributed by atoms with E-state index in [2.05, 4.69) is 15.6 Å². The van der Waals surface area contributed by atoms with Gasteiger partial charge in [-0.2, -0.15) is 0 Å². The third kappa shape index (κ3) is 5.61. The summed E-state index contributed by atoms with van der Waals surface area (Å²) in [6.07, 6.45) is 4.91. The second kappa shape index (κ2) is 12.1. The summed E-state index contributed by atoms with van der Waals surface area (Å²) < 4.78 is 26.7. The Morgan fingerprint density at radius 2 is 1.75 bits per heavy atom.